The predicted molar refractivity (Wildman–Crippen MR) is 104 cm³/mol. The van der Waals surface area contributed by atoms with Crippen LogP contribution in [0.1, 0.15) is 5.56 Å². The van der Waals surface area contributed by atoms with Crippen LogP contribution in [0.4, 0.5) is 5.69 Å². The maximum atomic E-state index is 5.75. The summed E-state index contributed by atoms with van der Waals surface area (Å²) >= 11 is 0. The quantitative estimate of drug-likeness (QED) is 0.656. The van der Waals surface area contributed by atoms with Crippen LogP contribution in [0.5, 0.6) is 5.75 Å². The summed E-state index contributed by atoms with van der Waals surface area (Å²) in [6.07, 6.45) is 3.75. The van der Waals surface area contributed by atoms with E-state index in [0.29, 0.717) is 6.61 Å². The van der Waals surface area contributed by atoms with E-state index in [9.17, 15) is 0 Å². The molecule has 0 saturated heterocycles. The maximum Gasteiger partial charge on any atom is 0.119 e. The number of hydrogen-bond donors (Lipinski definition) is 0. The minimum Gasteiger partial charge on any atom is -0.492 e. The highest BCUT2D eigenvalue weighted by Gasteiger charge is 2.04. The molecule has 0 N–H and O–H groups in total. The highest BCUT2D eigenvalue weighted by atomic mass is 16.5. The minimum absolute atomic E-state index is 0.702. The van der Waals surface area contributed by atoms with Crippen molar-refractivity contribution in [2.24, 2.45) is 0 Å². The van der Waals surface area contributed by atoms with Crippen LogP contribution in [-0.2, 0) is 6.54 Å². The van der Waals surface area contributed by atoms with Crippen LogP contribution < -0.4 is 9.64 Å². The van der Waals surface area contributed by atoms with Gasteiger partial charge in [0.2, 0.25) is 0 Å². The van der Waals surface area contributed by atoms with Gasteiger partial charge in [0, 0.05) is 43.6 Å². The Morgan fingerprint density at radius 1 is 0.920 bits per heavy atom. The molecule has 3 aromatic rings. The van der Waals surface area contributed by atoms with Crippen LogP contribution in [0.15, 0.2) is 60.9 Å². The van der Waals surface area contributed by atoms with E-state index in [1.165, 1.54) is 22.0 Å². The summed E-state index contributed by atoms with van der Waals surface area (Å²) in [4.78, 5) is 8.56. The fraction of sp³-hybridized carbons (Fsp3) is 0.286. The van der Waals surface area contributed by atoms with E-state index in [-0.39, 0.29) is 0 Å². The van der Waals surface area contributed by atoms with Gasteiger partial charge in [-0.2, -0.15) is 0 Å². The molecular weight excluding hydrogens is 310 g/mol. The average Bonchev–Trinajstić information content (AvgIpc) is 2.62. The minimum atomic E-state index is 0.702. The van der Waals surface area contributed by atoms with Gasteiger partial charge in [0.1, 0.15) is 12.4 Å². The average molecular weight is 335 g/mol. The lowest BCUT2D eigenvalue weighted by atomic mass is 10.1. The number of aromatic nitrogens is 1. The number of pyridine rings is 1. The van der Waals surface area contributed by atoms with Gasteiger partial charge in [-0.25, -0.2) is 0 Å². The van der Waals surface area contributed by atoms with Crippen LogP contribution >= 0.6 is 0 Å². The molecule has 25 heavy (non-hydrogen) atoms. The van der Waals surface area contributed by atoms with E-state index in [1.807, 2.05) is 44.7 Å². The van der Waals surface area contributed by atoms with Crippen molar-refractivity contribution in [3.8, 4) is 5.75 Å². The second-order valence-corrected chi connectivity index (χ2v) is 6.56. The Bertz CT molecular complexity index is 815. The zero-order valence-electron chi connectivity index (χ0n) is 15.1. The topological polar surface area (TPSA) is 28.6 Å². The Balaban J connectivity index is 1.62. The number of hydrogen-bond acceptors (Lipinski definition) is 4. The Kier molecular flexibility index (Phi) is 5.51. The van der Waals surface area contributed by atoms with Crippen LogP contribution in [0.3, 0.4) is 0 Å². The second kappa shape index (κ2) is 7.99. The van der Waals surface area contributed by atoms with E-state index in [2.05, 4.69) is 52.2 Å². The highest BCUT2D eigenvalue weighted by Crippen LogP contribution is 2.21. The van der Waals surface area contributed by atoms with Crippen molar-refractivity contribution in [1.29, 1.82) is 0 Å². The molecule has 0 bridgehead atoms. The molecule has 1 aromatic heterocycles. The lowest BCUT2D eigenvalue weighted by Gasteiger charge is -2.20. The number of anilines is 1. The van der Waals surface area contributed by atoms with Crippen molar-refractivity contribution < 1.29 is 4.74 Å². The molecule has 4 heteroatoms. The Hall–Kier alpha value is -2.59. The summed E-state index contributed by atoms with van der Waals surface area (Å²) in [7, 11) is 6.20. The molecular formula is C21H25N3O. The van der Waals surface area contributed by atoms with Gasteiger partial charge in [-0.05, 0) is 61.4 Å². The monoisotopic (exact) mass is 335 g/mol. The third-order valence-corrected chi connectivity index (χ3v) is 4.21. The van der Waals surface area contributed by atoms with Crippen molar-refractivity contribution in [2.45, 2.75) is 6.54 Å². The van der Waals surface area contributed by atoms with E-state index in [4.69, 9.17) is 4.74 Å². The molecule has 1 heterocycles. The summed E-state index contributed by atoms with van der Waals surface area (Å²) in [6.45, 7) is 2.47. The molecule has 130 valence electrons. The molecule has 0 aliphatic rings. The van der Waals surface area contributed by atoms with Gasteiger partial charge in [-0.15, -0.1) is 0 Å². The second-order valence-electron chi connectivity index (χ2n) is 6.56. The van der Waals surface area contributed by atoms with Crippen LogP contribution in [0, 0.1) is 0 Å². The molecule has 0 unspecified atom stereocenters. The fourth-order valence-electron chi connectivity index (χ4n) is 2.74. The van der Waals surface area contributed by atoms with Gasteiger partial charge in [-0.3, -0.25) is 4.98 Å². The Labute approximate surface area is 149 Å². The normalized spacial score (nSPS) is 11.0. The fourth-order valence-corrected chi connectivity index (χ4v) is 2.74. The van der Waals surface area contributed by atoms with Crippen molar-refractivity contribution in [3.63, 3.8) is 0 Å². The molecule has 0 saturated carbocycles. The smallest absolute Gasteiger partial charge is 0.119 e. The van der Waals surface area contributed by atoms with Crippen LogP contribution in [0.2, 0.25) is 0 Å². The molecule has 0 radical (unpaired) electrons. The third kappa shape index (κ3) is 4.70. The van der Waals surface area contributed by atoms with Crippen molar-refractivity contribution in [2.75, 3.05) is 39.2 Å². The van der Waals surface area contributed by atoms with E-state index in [0.717, 1.165) is 18.8 Å². The van der Waals surface area contributed by atoms with Gasteiger partial charge in [0.25, 0.3) is 0 Å². The van der Waals surface area contributed by atoms with Crippen LogP contribution in [0.25, 0.3) is 10.8 Å². The molecule has 3 rings (SSSR count). The number of ether oxygens (including phenoxy) is 1. The van der Waals surface area contributed by atoms with Gasteiger partial charge in [0.15, 0.2) is 0 Å². The van der Waals surface area contributed by atoms with E-state index in [1.54, 1.807) is 0 Å². The third-order valence-electron chi connectivity index (χ3n) is 4.21. The lowest BCUT2D eigenvalue weighted by molar-refractivity contribution is 0.261. The molecule has 0 fully saturated rings. The summed E-state index contributed by atoms with van der Waals surface area (Å²) in [6, 6.07) is 16.9. The van der Waals surface area contributed by atoms with Gasteiger partial charge in [-0.1, -0.05) is 12.1 Å². The first-order chi connectivity index (χ1) is 12.1. The largest absolute Gasteiger partial charge is 0.492 e. The van der Waals surface area contributed by atoms with Crippen molar-refractivity contribution in [3.05, 3.63) is 66.5 Å². The van der Waals surface area contributed by atoms with Gasteiger partial charge in [0.05, 0.1) is 0 Å². The standard InChI is InChI=1S/C21H25N3O/c1-23(2)12-13-25-21-8-6-20(7-9-21)24(3)16-17-4-5-18-10-11-22-15-19(18)14-17/h4-11,14-15H,12-13,16H2,1-3H3. The molecule has 0 spiro atoms. The summed E-state index contributed by atoms with van der Waals surface area (Å²) in [5.74, 6) is 0.913. The summed E-state index contributed by atoms with van der Waals surface area (Å²) in [5.41, 5.74) is 2.44. The Morgan fingerprint density at radius 2 is 1.72 bits per heavy atom. The maximum absolute atomic E-state index is 5.75. The molecule has 0 atom stereocenters. The Morgan fingerprint density at radius 3 is 2.48 bits per heavy atom. The first kappa shape index (κ1) is 17.2. The SMILES string of the molecule is CN(C)CCOc1ccc(N(C)Cc2ccc3ccncc3c2)cc1. The number of likely N-dealkylation sites (N-methyl/N-ethyl adjacent to an activating group) is 1. The molecule has 0 aliphatic carbocycles. The van der Waals surface area contributed by atoms with Crippen molar-refractivity contribution in [1.82, 2.24) is 9.88 Å². The summed E-state index contributed by atoms with van der Waals surface area (Å²) in [5, 5.41) is 2.40. The van der Waals surface area contributed by atoms with Gasteiger partial charge < -0.3 is 14.5 Å². The van der Waals surface area contributed by atoms with Gasteiger partial charge >= 0.3 is 0 Å². The highest BCUT2D eigenvalue weighted by molar-refractivity contribution is 5.82. The predicted octanol–water partition coefficient (Wildman–Crippen LogP) is 3.81. The zero-order valence-corrected chi connectivity index (χ0v) is 15.1. The van der Waals surface area contributed by atoms with E-state index < -0.39 is 0 Å². The van der Waals surface area contributed by atoms with E-state index >= 15 is 0 Å². The number of benzene rings is 2. The van der Waals surface area contributed by atoms with Crippen molar-refractivity contribution >= 4 is 16.5 Å². The molecule has 2 aromatic carbocycles. The first-order valence-corrected chi connectivity index (χ1v) is 8.53. The summed E-state index contributed by atoms with van der Waals surface area (Å²) < 4.78 is 5.75. The number of rotatable bonds is 7. The molecule has 4 nitrogen and oxygen atoms in total. The number of fused-ring (bicyclic) bond motifs is 1. The lowest BCUT2D eigenvalue weighted by Crippen LogP contribution is -2.19. The zero-order chi connectivity index (χ0) is 17.6. The van der Waals surface area contributed by atoms with Crippen LogP contribution in [-0.4, -0.2) is 44.2 Å². The molecule has 0 amide bonds. The first-order valence-electron chi connectivity index (χ1n) is 8.53. The number of nitrogens with zero attached hydrogens (tertiary/aromatic N) is 3. The molecule has 0 aliphatic heterocycles.